The van der Waals surface area contributed by atoms with Gasteiger partial charge in [0, 0.05) is 22.1 Å². The van der Waals surface area contributed by atoms with Crippen LogP contribution in [0.1, 0.15) is 96.5 Å². The molecular formula is C54H56N2. The van der Waals surface area contributed by atoms with Crippen LogP contribution in [0.2, 0.25) is 0 Å². The van der Waals surface area contributed by atoms with Crippen LogP contribution < -0.4 is 9.80 Å². The molecule has 0 radical (unpaired) electrons. The zero-order valence-electron chi connectivity index (χ0n) is 35.2. The highest BCUT2D eigenvalue weighted by atomic mass is 15.2. The van der Waals surface area contributed by atoms with Gasteiger partial charge < -0.3 is 9.80 Å². The number of hydrogen-bond acceptors (Lipinski definition) is 2. The van der Waals surface area contributed by atoms with E-state index in [9.17, 15) is 0 Å². The van der Waals surface area contributed by atoms with Crippen LogP contribution in [0.25, 0.3) is 32.3 Å². The molecule has 0 saturated heterocycles. The summed E-state index contributed by atoms with van der Waals surface area (Å²) >= 11 is 0. The van der Waals surface area contributed by atoms with Crippen molar-refractivity contribution in [2.24, 2.45) is 0 Å². The lowest BCUT2D eigenvalue weighted by Gasteiger charge is -2.32. The second-order valence-electron chi connectivity index (χ2n) is 16.9. The summed E-state index contributed by atoms with van der Waals surface area (Å²) in [4.78, 5) is 5.06. The molecule has 0 atom stereocenters. The van der Waals surface area contributed by atoms with Crippen molar-refractivity contribution in [3.05, 3.63) is 165 Å². The third kappa shape index (κ3) is 6.30. The fraction of sp³-hybridized carbons (Fsp3) is 0.259. The Bertz CT molecular complexity index is 2680. The summed E-state index contributed by atoms with van der Waals surface area (Å²) in [5.74, 6) is 0.938. The third-order valence-corrected chi connectivity index (χ3v) is 12.0. The molecule has 0 fully saturated rings. The van der Waals surface area contributed by atoms with Gasteiger partial charge in [0.1, 0.15) is 0 Å². The van der Waals surface area contributed by atoms with Crippen LogP contribution in [0.5, 0.6) is 0 Å². The van der Waals surface area contributed by atoms with E-state index in [4.69, 9.17) is 0 Å². The molecule has 8 rings (SSSR count). The highest BCUT2D eigenvalue weighted by Gasteiger charge is 2.26. The first-order valence-electron chi connectivity index (χ1n) is 20.6. The van der Waals surface area contributed by atoms with Gasteiger partial charge in [-0.25, -0.2) is 0 Å². The van der Waals surface area contributed by atoms with E-state index in [0.717, 1.165) is 6.42 Å². The molecule has 0 N–H and O–H groups in total. The van der Waals surface area contributed by atoms with Gasteiger partial charge in [-0.3, -0.25) is 0 Å². The van der Waals surface area contributed by atoms with Crippen molar-refractivity contribution in [1.29, 1.82) is 0 Å². The van der Waals surface area contributed by atoms with Crippen LogP contribution in [0.4, 0.5) is 34.1 Å². The third-order valence-electron chi connectivity index (χ3n) is 12.0. The highest BCUT2D eigenvalue weighted by Crippen LogP contribution is 2.50. The lowest BCUT2D eigenvalue weighted by molar-refractivity contribution is 0.866. The maximum Gasteiger partial charge on any atom is 0.0543 e. The standard InChI is InChI=1S/C54H56N2/c1-12-40-31-50(56(45-21-15-42(16-22-45)33(4)5)54-38(10)29-35(7)30-39(54)11)48-23-17-43-18-26-49(47-25-24-46(40)52(48)51(43)47)55(44-19-13-41(14-20-44)32(2)3)53-36(8)27-34(6)28-37(53)9/h13-33H,12H2,1-11H3. The van der Waals surface area contributed by atoms with Crippen LogP contribution in [-0.2, 0) is 6.42 Å². The number of hydrogen-bond donors (Lipinski definition) is 0. The van der Waals surface area contributed by atoms with Gasteiger partial charge in [0.25, 0.3) is 0 Å². The molecular weight excluding hydrogens is 677 g/mol. The molecule has 282 valence electrons. The maximum absolute atomic E-state index is 2.54. The average molecular weight is 733 g/mol. The molecule has 0 bridgehead atoms. The molecule has 0 spiro atoms. The summed E-state index contributed by atoms with van der Waals surface area (Å²) in [7, 11) is 0. The van der Waals surface area contributed by atoms with Crippen LogP contribution in [0.15, 0.2) is 115 Å². The molecule has 8 aromatic rings. The molecule has 0 amide bonds. The number of rotatable bonds is 9. The van der Waals surface area contributed by atoms with Gasteiger partial charge in [0.2, 0.25) is 0 Å². The second kappa shape index (κ2) is 14.5. The van der Waals surface area contributed by atoms with Crippen molar-refractivity contribution in [2.75, 3.05) is 9.80 Å². The predicted octanol–water partition coefficient (Wildman–Crippen LogP) is 16.2. The van der Waals surface area contributed by atoms with E-state index >= 15 is 0 Å². The molecule has 0 aliphatic rings. The van der Waals surface area contributed by atoms with Crippen molar-refractivity contribution in [3.8, 4) is 0 Å². The quantitative estimate of drug-likeness (QED) is 0.136. The van der Waals surface area contributed by atoms with E-state index in [1.807, 2.05) is 0 Å². The minimum atomic E-state index is 0.468. The number of benzene rings is 8. The SMILES string of the molecule is CCc1cc(N(c2ccc(C(C)C)cc2)c2c(C)cc(C)cc2C)c2ccc3ccc(N(c4ccc(C(C)C)cc4)c4c(C)cc(C)cc4C)c4ccc1c2c34. The predicted molar refractivity (Wildman–Crippen MR) is 245 cm³/mol. The normalized spacial score (nSPS) is 11.9. The molecule has 0 unspecified atom stereocenters. The summed E-state index contributed by atoms with van der Waals surface area (Å²) in [6, 6.07) is 44.5. The Morgan fingerprint density at radius 1 is 0.429 bits per heavy atom. The smallest absolute Gasteiger partial charge is 0.0543 e. The Morgan fingerprint density at radius 2 is 0.839 bits per heavy atom. The Kier molecular flexibility index (Phi) is 9.65. The Hall–Kier alpha value is -5.60. The van der Waals surface area contributed by atoms with Crippen molar-refractivity contribution >= 4 is 66.4 Å². The summed E-state index contributed by atoms with van der Waals surface area (Å²) in [6.07, 6.45) is 0.941. The first-order valence-corrected chi connectivity index (χ1v) is 20.6. The first kappa shape index (κ1) is 37.3. The zero-order valence-corrected chi connectivity index (χ0v) is 35.2. The van der Waals surface area contributed by atoms with E-state index in [1.54, 1.807) is 0 Å². The highest BCUT2D eigenvalue weighted by molar-refractivity contribution is 6.28. The molecule has 0 saturated carbocycles. The van der Waals surface area contributed by atoms with Crippen molar-refractivity contribution < 1.29 is 0 Å². The van der Waals surface area contributed by atoms with Gasteiger partial charge in [-0.15, -0.1) is 0 Å². The van der Waals surface area contributed by atoms with Crippen LogP contribution in [0.3, 0.4) is 0 Å². The van der Waals surface area contributed by atoms with E-state index in [2.05, 4.69) is 201 Å². The minimum absolute atomic E-state index is 0.468. The van der Waals surface area contributed by atoms with Gasteiger partial charge in [-0.1, -0.05) is 125 Å². The molecule has 2 nitrogen and oxygen atoms in total. The molecule has 0 aliphatic carbocycles. The van der Waals surface area contributed by atoms with E-state index < -0.39 is 0 Å². The topological polar surface area (TPSA) is 6.48 Å². The number of anilines is 6. The molecule has 0 heterocycles. The van der Waals surface area contributed by atoms with Crippen molar-refractivity contribution in [2.45, 2.75) is 94.4 Å². The Labute approximate surface area is 334 Å². The molecule has 8 aromatic carbocycles. The molecule has 56 heavy (non-hydrogen) atoms. The van der Waals surface area contributed by atoms with Gasteiger partial charge in [-0.05, 0) is 157 Å². The monoisotopic (exact) mass is 732 g/mol. The summed E-state index contributed by atoms with van der Waals surface area (Å²) < 4.78 is 0. The molecule has 2 heteroatoms. The van der Waals surface area contributed by atoms with E-state index in [-0.39, 0.29) is 0 Å². The Balaban J connectivity index is 1.45. The summed E-state index contributed by atoms with van der Waals surface area (Å²) in [6.45, 7) is 24.8. The Morgan fingerprint density at radius 3 is 1.30 bits per heavy atom. The lowest BCUT2D eigenvalue weighted by Crippen LogP contribution is -2.15. The maximum atomic E-state index is 2.54. The van der Waals surface area contributed by atoms with E-state index in [1.165, 1.54) is 117 Å². The fourth-order valence-electron chi connectivity index (χ4n) is 9.45. The summed E-state index contributed by atoms with van der Waals surface area (Å²) in [5.41, 5.74) is 19.1. The minimum Gasteiger partial charge on any atom is -0.309 e. The van der Waals surface area contributed by atoms with Gasteiger partial charge >= 0.3 is 0 Å². The van der Waals surface area contributed by atoms with Crippen LogP contribution >= 0.6 is 0 Å². The summed E-state index contributed by atoms with van der Waals surface area (Å²) in [5, 5.41) is 7.81. The lowest BCUT2D eigenvalue weighted by atomic mass is 9.88. The van der Waals surface area contributed by atoms with Crippen LogP contribution in [0, 0.1) is 41.5 Å². The second-order valence-corrected chi connectivity index (χ2v) is 16.9. The van der Waals surface area contributed by atoms with Crippen molar-refractivity contribution in [3.63, 3.8) is 0 Å². The van der Waals surface area contributed by atoms with Gasteiger partial charge in [-0.2, -0.15) is 0 Å². The average Bonchev–Trinajstić information content (AvgIpc) is 3.16. The number of nitrogens with zero attached hydrogens (tertiary/aromatic N) is 2. The zero-order chi connectivity index (χ0) is 39.6. The van der Waals surface area contributed by atoms with Gasteiger partial charge in [0.15, 0.2) is 0 Å². The van der Waals surface area contributed by atoms with Crippen LogP contribution in [-0.4, -0.2) is 0 Å². The van der Waals surface area contributed by atoms with Crippen molar-refractivity contribution in [1.82, 2.24) is 0 Å². The fourth-order valence-corrected chi connectivity index (χ4v) is 9.45. The van der Waals surface area contributed by atoms with Gasteiger partial charge in [0.05, 0.1) is 22.7 Å². The molecule has 0 aromatic heterocycles. The number of aryl methyl sites for hydroxylation is 7. The largest absolute Gasteiger partial charge is 0.309 e. The van der Waals surface area contributed by atoms with E-state index in [0.29, 0.717) is 11.8 Å². The molecule has 0 aliphatic heterocycles. The first-order chi connectivity index (χ1) is 26.9.